The number of nitrogens with two attached hydrogens (primary N) is 1. The zero-order valence-corrected chi connectivity index (χ0v) is 11.6. The van der Waals surface area contributed by atoms with Gasteiger partial charge in [-0.2, -0.15) is 0 Å². The Balaban J connectivity index is 2.54. The number of nitrogen functional groups attached to an aromatic ring is 1. The third-order valence-electron chi connectivity index (χ3n) is 3.19. The van der Waals surface area contributed by atoms with Crippen LogP contribution in [0.3, 0.4) is 0 Å². The highest BCUT2D eigenvalue weighted by Crippen LogP contribution is 2.31. The van der Waals surface area contributed by atoms with Crippen LogP contribution in [0.2, 0.25) is 0 Å². The lowest BCUT2D eigenvalue weighted by molar-refractivity contribution is 0.520. The molecule has 1 saturated heterocycles. The van der Waals surface area contributed by atoms with Crippen molar-refractivity contribution in [1.82, 2.24) is 4.31 Å². The largest absolute Gasteiger partial charge is 0.399 e. The fourth-order valence-corrected chi connectivity index (χ4v) is 3.29. The zero-order chi connectivity index (χ0) is 13.3. The summed E-state index contributed by atoms with van der Waals surface area (Å²) in [5.74, 6) is 0. The third-order valence-corrected chi connectivity index (χ3v) is 5.03. The van der Waals surface area contributed by atoms with Crippen molar-refractivity contribution in [2.24, 2.45) is 0 Å². The van der Waals surface area contributed by atoms with Gasteiger partial charge >= 0.3 is 0 Å². The molecule has 1 aromatic carbocycles. The van der Waals surface area contributed by atoms with Crippen molar-refractivity contribution in [2.75, 3.05) is 37.8 Å². The van der Waals surface area contributed by atoms with E-state index in [1.165, 1.54) is 18.4 Å². The van der Waals surface area contributed by atoms with Gasteiger partial charge in [0, 0.05) is 32.9 Å². The van der Waals surface area contributed by atoms with Crippen molar-refractivity contribution in [3.05, 3.63) is 18.2 Å². The average molecular weight is 269 g/mol. The second-order valence-electron chi connectivity index (χ2n) is 4.71. The van der Waals surface area contributed by atoms with E-state index in [4.69, 9.17) is 5.73 Å². The SMILES string of the molecule is CN(C)S(=O)(=O)c1cc(N)ccc1N1CCCC1. The third kappa shape index (κ3) is 2.30. The van der Waals surface area contributed by atoms with Crippen LogP contribution in [0.25, 0.3) is 0 Å². The Hall–Kier alpha value is -1.27. The highest BCUT2D eigenvalue weighted by Gasteiger charge is 2.25. The minimum Gasteiger partial charge on any atom is -0.399 e. The molecule has 0 saturated carbocycles. The smallest absolute Gasteiger partial charge is 0.244 e. The summed E-state index contributed by atoms with van der Waals surface area (Å²) in [5, 5.41) is 0. The van der Waals surface area contributed by atoms with Crippen molar-refractivity contribution in [3.63, 3.8) is 0 Å². The highest BCUT2D eigenvalue weighted by molar-refractivity contribution is 7.89. The lowest BCUT2D eigenvalue weighted by Crippen LogP contribution is -2.26. The lowest BCUT2D eigenvalue weighted by atomic mass is 10.2. The van der Waals surface area contributed by atoms with E-state index < -0.39 is 10.0 Å². The molecule has 0 bridgehead atoms. The monoisotopic (exact) mass is 269 g/mol. The molecule has 100 valence electrons. The predicted molar refractivity (Wildman–Crippen MR) is 73.2 cm³/mol. The van der Waals surface area contributed by atoms with E-state index in [0.29, 0.717) is 10.6 Å². The minimum absolute atomic E-state index is 0.300. The fourth-order valence-electron chi connectivity index (χ4n) is 2.15. The van der Waals surface area contributed by atoms with Gasteiger partial charge in [-0.15, -0.1) is 0 Å². The number of benzene rings is 1. The molecule has 2 N–H and O–H groups in total. The molecule has 0 aliphatic carbocycles. The molecule has 2 rings (SSSR count). The summed E-state index contributed by atoms with van der Waals surface area (Å²) < 4.78 is 25.8. The van der Waals surface area contributed by atoms with Crippen LogP contribution in [0, 0.1) is 0 Å². The molecule has 6 heteroatoms. The molecule has 1 aliphatic rings. The van der Waals surface area contributed by atoms with Crippen LogP contribution in [0.15, 0.2) is 23.1 Å². The first-order valence-electron chi connectivity index (χ1n) is 6.00. The van der Waals surface area contributed by atoms with E-state index in [0.717, 1.165) is 31.6 Å². The minimum atomic E-state index is -3.46. The van der Waals surface area contributed by atoms with E-state index in [2.05, 4.69) is 4.90 Å². The summed E-state index contributed by atoms with van der Waals surface area (Å²) in [4.78, 5) is 2.41. The van der Waals surface area contributed by atoms with Crippen LogP contribution in [0.4, 0.5) is 11.4 Å². The number of hydrogen-bond donors (Lipinski definition) is 1. The van der Waals surface area contributed by atoms with Gasteiger partial charge in [0.05, 0.1) is 5.69 Å². The number of hydrogen-bond acceptors (Lipinski definition) is 4. The van der Waals surface area contributed by atoms with Crippen molar-refractivity contribution in [3.8, 4) is 0 Å². The van der Waals surface area contributed by atoms with Gasteiger partial charge in [0.1, 0.15) is 4.90 Å². The maximum absolute atomic E-state index is 12.3. The molecule has 1 aromatic rings. The van der Waals surface area contributed by atoms with E-state index in [9.17, 15) is 8.42 Å². The Morgan fingerprint density at radius 1 is 1.22 bits per heavy atom. The van der Waals surface area contributed by atoms with Gasteiger partial charge in [-0.25, -0.2) is 12.7 Å². The average Bonchev–Trinajstić information content (AvgIpc) is 2.82. The van der Waals surface area contributed by atoms with Gasteiger partial charge in [-0.3, -0.25) is 0 Å². The van der Waals surface area contributed by atoms with Crippen molar-refractivity contribution in [1.29, 1.82) is 0 Å². The molecule has 5 nitrogen and oxygen atoms in total. The normalized spacial score (nSPS) is 16.5. The molecule has 0 atom stereocenters. The fraction of sp³-hybridized carbons (Fsp3) is 0.500. The predicted octanol–water partition coefficient (Wildman–Crippen LogP) is 1.12. The Bertz CT molecular complexity index is 534. The summed E-state index contributed by atoms with van der Waals surface area (Å²) in [6, 6.07) is 5.10. The van der Waals surface area contributed by atoms with Crippen LogP contribution in [-0.2, 0) is 10.0 Å². The van der Waals surface area contributed by atoms with Crippen LogP contribution < -0.4 is 10.6 Å². The van der Waals surface area contributed by atoms with Crippen molar-refractivity contribution >= 4 is 21.4 Å². The van der Waals surface area contributed by atoms with Crippen molar-refractivity contribution < 1.29 is 8.42 Å². The van der Waals surface area contributed by atoms with Gasteiger partial charge < -0.3 is 10.6 Å². The van der Waals surface area contributed by atoms with Gasteiger partial charge in [-0.1, -0.05) is 0 Å². The maximum Gasteiger partial charge on any atom is 0.244 e. The molecule has 1 aliphatic heterocycles. The first-order chi connectivity index (χ1) is 8.43. The van der Waals surface area contributed by atoms with E-state index in [1.54, 1.807) is 18.2 Å². The molecule has 1 heterocycles. The van der Waals surface area contributed by atoms with E-state index >= 15 is 0 Å². The van der Waals surface area contributed by atoms with E-state index in [-0.39, 0.29) is 0 Å². The summed E-state index contributed by atoms with van der Waals surface area (Å²) in [7, 11) is -0.388. The number of rotatable bonds is 3. The van der Waals surface area contributed by atoms with Crippen LogP contribution in [0.5, 0.6) is 0 Å². The summed E-state index contributed by atoms with van der Waals surface area (Å²) >= 11 is 0. The summed E-state index contributed by atoms with van der Waals surface area (Å²) in [6.45, 7) is 1.81. The topological polar surface area (TPSA) is 66.6 Å². The first-order valence-corrected chi connectivity index (χ1v) is 7.44. The van der Waals surface area contributed by atoms with Gasteiger partial charge in [0.15, 0.2) is 0 Å². The summed E-state index contributed by atoms with van der Waals surface area (Å²) in [6.07, 6.45) is 2.21. The Kier molecular flexibility index (Phi) is 3.49. The van der Waals surface area contributed by atoms with Crippen LogP contribution >= 0.6 is 0 Å². The Morgan fingerprint density at radius 2 is 1.83 bits per heavy atom. The van der Waals surface area contributed by atoms with Gasteiger partial charge in [0.25, 0.3) is 0 Å². The molecule has 0 unspecified atom stereocenters. The molecule has 0 aromatic heterocycles. The Labute approximate surface area is 108 Å². The number of nitrogens with zero attached hydrogens (tertiary/aromatic N) is 2. The molecule has 1 fully saturated rings. The van der Waals surface area contributed by atoms with Crippen molar-refractivity contribution in [2.45, 2.75) is 17.7 Å². The standard InChI is InChI=1S/C12H19N3O2S/c1-14(2)18(16,17)12-9-10(13)5-6-11(12)15-7-3-4-8-15/h5-6,9H,3-4,7-8,13H2,1-2H3. The molecule has 0 spiro atoms. The van der Waals surface area contributed by atoms with Crippen LogP contribution in [-0.4, -0.2) is 39.9 Å². The second-order valence-corrected chi connectivity index (χ2v) is 6.83. The Morgan fingerprint density at radius 3 is 2.39 bits per heavy atom. The lowest BCUT2D eigenvalue weighted by Gasteiger charge is -2.23. The quantitative estimate of drug-likeness (QED) is 0.835. The van der Waals surface area contributed by atoms with Gasteiger partial charge in [-0.05, 0) is 31.0 Å². The number of anilines is 2. The molecule has 0 radical (unpaired) electrons. The molecular weight excluding hydrogens is 250 g/mol. The van der Waals surface area contributed by atoms with Gasteiger partial charge in [0.2, 0.25) is 10.0 Å². The highest BCUT2D eigenvalue weighted by atomic mass is 32.2. The second kappa shape index (κ2) is 4.78. The van der Waals surface area contributed by atoms with E-state index in [1.807, 2.05) is 0 Å². The first kappa shape index (κ1) is 13.2. The molecule has 0 amide bonds. The summed E-state index contributed by atoms with van der Waals surface area (Å²) in [5.41, 5.74) is 6.95. The van der Waals surface area contributed by atoms with Crippen LogP contribution in [0.1, 0.15) is 12.8 Å². The molecular formula is C12H19N3O2S. The maximum atomic E-state index is 12.3. The molecule has 18 heavy (non-hydrogen) atoms. The number of sulfonamides is 1. The zero-order valence-electron chi connectivity index (χ0n) is 10.8.